The minimum Gasteiger partial charge on any atom is -0.495 e. The van der Waals surface area contributed by atoms with E-state index >= 15 is 0 Å². The molecular formula is C17H22ClN3O3. The second kappa shape index (κ2) is 8.17. The van der Waals surface area contributed by atoms with Gasteiger partial charge in [0.05, 0.1) is 30.9 Å². The van der Waals surface area contributed by atoms with E-state index in [4.69, 9.17) is 20.9 Å². The lowest BCUT2D eigenvalue weighted by molar-refractivity contribution is -0.117. The summed E-state index contributed by atoms with van der Waals surface area (Å²) in [5.74, 6) is 1.48. The lowest BCUT2D eigenvalue weighted by Gasteiger charge is -2.14. The number of carbonyl (C=O) groups is 1. The van der Waals surface area contributed by atoms with Crippen LogP contribution in [0.15, 0.2) is 28.8 Å². The molecule has 0 spiro atoms. The number of methoxy groups -OCH3 is 1. The summed E-state index contributed by atoms with van der Waals surface area (Å²) in [7, 11) is 3.39. The third kappa shape index (κ3) is 4.97. The maximum absolute atomic E-state index is 12.1. The van der Waals surface area contributed by atoms with Crippen molar-refractivity contribution in [3.63, 3.8) is 0 Å². The number of aromatic nitrogens is 1. The van der Waals surface area contributed by atoms with E-state index in [9.17, 15) is 4.79 Å². The van der Waals surface area contributed by atoms with Crippen LogP contribution in [0.25, 0.3) is 0 Å². The zero-order chi connectivity index (χ0) is 17.7. The van der Waals surface area contributed by atoms with Crippen LogP contribution in [-0.4, -0.2) is 36.7 Å². The topological polar surface area (TPSA) is 67.6 Å². The van der Waals surface area contributed by atoms with Crippen LogP contribution in [0.1, 0.15) is 31.2 Å². The molecule has 0 unspecified atom stereocenters. The molecule has 7 heteroatoms. The Hall–Kier alpha value is -2.05. The Morgan fingerprint density at radius 3 is 2.75 bits per heavy atom. The van der Waals surface area contributed by atoms with E-state index in [0.717, 1.165) is 11.5 Å². The van der Waals surface area contributed by atoms with Gasteiger partial charge >= 0.3 is 0 Å². The number of rotatable bonds is 7. The third-order valence-electron chi connectivity index (χ3n) is 3.44. The molecule has 0 radical (unpaired) electrons. The summed E-state index contributed by atoms with van der Waals surface area (Å²) in [5, 5.41) is 7.27. The average Bonchev–Trinajstić information content (AvgIpc) is 2.95. The molecule has 0 aliphatic carbocycles. The van der Waals surface area contributed by atoms with Crippen molar-refractivity contribution in [2.75, 3.05) is 26.0 Å². The molecule has 2 aromatic rings. The van der Waals surface area contributed by atoms with Gasteiger partial charge in [-0.2, -0.15) is 0 Å². The number of hydrogen-bond acceptors (Lipinski definition) is 5. The van der Waals surface area contributed by atoms with Crippen LogP contribution < -0.4 is 10.1 Å². The van der Waals surface area contributed by atoms with Crippen LogP contribution in [0, 0.1) is 0 Å². The first-order valence-corrected chi connectivity index (χ1v) is 8.04. The number of nitrogens with zero attached hydrogens (tertiary/aromatic N) is 2. The number of ether oxygens (including phenoxy) is 1. The normalized spacial score (nSPS) is 11.1. The zero-order valence-electron chi connectivity index (χ0n) is 14.3. The van der Waals surface area contributed by atoms with Crippen molar-refractivity contribution in [2.24, 2.45) is 0 Å². The molecule has 2 rings (SSSR count). The highest BCUT2D eigenvalue weighted by atomic mass is 35.5. The largest absolute Gasteiger partial charge is 0.495 e. The second-order valence-corrected chi connectivity index (χ2v) is 6.35. The molecule has 1 N–H and O–H groups in total. The molecule has 1 aromatic heterocycles. The summed E-state index contributed by atoms with van der Waals surface area (Å²) in [5.41, 5.74) is 1.54. The smallest absolute Gasteiger partial charge is 0.238 e. The molecule has 130 valence electrons. The molecule has 24 heavy (non-hydrogen) atoms. The lowest BCUT2D eigenvalue weighted by Crippen LogP contribution is -2.29. The van der Waals surface area contributed by atoms with E-state index in [1.54, 1.807) is 25.3 Å². The number of anilines is 1. The first-order valence-electron chi connectivity index (χ1n) is 7.66. The van der Waals surface area contributed by atoms with Crippen LogP contribution in [0.2, 0.25) is 5.02 Å². The number of halogens is 1. The molecule has 1 amide bonds. The summed E-state index contributed by atoms with van der Waals surface area (Å²) in [6.07, 6.45) is 0. The van der Waals surface area contributed by atoms with Crippen molar-refractivity contribution < 1.29 is 14.1 Å². The molecule has 6 nitrogen and oxygen atoms in total. The number of likely N-dealkylation sites (N-methyl/N-ethyl adjacent to an activating group) is 1. The fourth-order valence-electron chi connectivity index (χ4n) is 2.19. The highest BCUT2D eigenvalue weighted by Crippen LogP contribution is 2.27. The quantitative estimate of drug-likeness (QED) is 0.826. The van der Waals surface area contributed by atoms with Crippen LogP contribution in [0.4, 0.5) is 5.69 Å². The Bertz CT molecular complexity index is 700. The zero-order valence-corrected chi connectivity index (χ0v) is 15.1. The summed E-state index contributed by atoms with van der Waals surface area (Å²) >= 11 is 6.05. The summed E-state index contributed by atoms with van der Waals surface area (Å²) in [4.78, 5) is 14.0. The first-order chi connectivity index (χ1) is 11.4. The van der Waals surface area contributed by atoms with E-state index in [1.165, 1.54) is 0 Å². The van der Waals surface area contributed by atoms with Gasteiger partial charge in [0.2, 0.25) is 5.91 Å². The van der Waals surface area contributed by atoms with Crippen molar-refractivity contribution in [3.8, 4) is 5.75 Å². The number of nitrogens with one attached hydrogen (secondary N) is 1. The fourth-order valence-corrected chi connectivity index (χ4v) is 2.44. The Labute approximate surface area is 146 Å². The van der Waals surface area contributed by atoms with Gasteiger partial charge in [0, 0.05) is 11.8 Å². The minimum absolute atomic E-state index is 0.137. The van der Waals surface area contributed by atoms with Gasteiger partial charge in [-0.3, -0.25) is 9.69 Å². The molecule has 0 aliphatic rings. The third-order valence-corrected chi connectivity index (χ3v) is 3.74. The van der Waals surface area contributed by atoms with E-state index < -0.39 is 0 Å². The number of benzene rings is 1. The predicted octanol–water partition coefficient (Wildman–Crippen LogP) is 3.53. The molecule has 1 heterocycles. The Morgan fingerprint density at radius 1 is 1.42 bits per heavy atom. The average molecular weight is 352 g/mol. The molecular weight excluding hydrogens is 330 g/mol. The van der Waals surface area contributed by atoms with E-state index in [0.29, 0.717) is 28.9 Å². The van der Waals surface area contributed by atoms with E-state index in [2.05, 4.69) is 24.3 Å². The van der Waals surface area contributed by atoms with Gasteiger partial charge in [-0.25, -0.2) is 0 Å². The van der Waals surface area contributed by atoms with Crippen molar-refractivity contribution in [1.82, 2.24) is 10.1 Å². The predicted molar refractivity (Wildman–Crippen MR) is 93.6 cm³/mol. The van der Waals surface area contributed by atoms with Crippen LogP contribution >= 0.6 is 11.6 Å². The summed E-state index contributed by atoms with van der Waals surface area (Å²) in [6.45, 7) is 4.84. The van der Waals surface area contributed by atoms with Gasteiger partial charge in [0.15, 0.2) is 5.76 Å². The molecule has 0 saturated heterocycles. The summed E-state index contributed by atoms with van der Waals surface area (Å²) in [6, 6.07) is 7.03. The standard InChI is InChI=1S/C17H22ClN3O3/c1-11(2)15-8-13(24-20-15)9-21(3)10-17(22)19-12-5-6-16(23-4)14(18)7-12/h5-8,11H,9-10H2,1-4H3,(H,19,22). The van der Waals surface area contributed by atoms with Gasteiger partial charge in [-0.05, 0) is 31.2 Å². The number of carbonyl (C=O) groups excluding carboxylic acids is 1. The van der Waals surface area contributed by atoms with Crippen molar-refractivity contribution >= 4 is 23.2 Å². The van der Waals surface area contributed by atoms with Gasteiger partial charge in [0.1, 0.15) is 5.75 Å². The van der Waals surface area contributed by atoms with Crippen LogP contribution in [0.3, 0.4) is 0 Å². The highest BCUT2D eigenvalue weighted by molar-refractivity contribution is 6.32. The Morgan fingerprint density at radius 2 is 2.17 bits per heavy atom. The van der Waals surface area contributed by atoms with Crippen molar-refractivity contribution in [3.05, 3.63) is 40.7 Å². The number of hydrogen-bond donors (Lipinski definition) is 1. The maximum atomic E-state index is 12.1. The van der Waals surface area contributed by atoms with Gasteiger partial charge in [0.25, 0.3) is 0 Å². The summed E-state index contributed by atoms with van der Waals surface area (Å²) < 4.78 is 10.4. The molecule has 0 atom stereocenters. The Kier molecular flexibility index (Phi) is 6.23. The van der Waals surface area contributed by atoms with Crippen molar-refractivity contribution in [2.45, 2.75) is 26.3 Å². The molecule has 0 saturated carbocycles. The minimum atomic E-state index is -0.137. The number of amides is 1. The maximum Gasteiger partial charge on any atom is 0.238 e. The first kappa shape index (κ1) is 18.3. The second-order valence-electron chi connectivity index (χ2n) is 5.94. The SMILES string of the molecule is COc1ccc(NC(=O)CN(C)Cc2cc(C(C)C)no2)cc1Cl. The van der Waals surface area contributed by atoms with Crippen LogP contribution in [-0.2, 0) is 11.3 Å². The highest BCUT2D eigenvalue weighted by Gasteiger charge is 2.13. The molecule has 1 aromatic carbocycles. The van der Waals surface area contributed by atoms with Gasteiger partial charge < -0.3 is 14.6 Å². The van der Waals surface area contributed by atoms with Crippen LogP contribution in [0.5, 0.6) is 5.75 Å². The monoisotopic (exact) mass is 351 g/mol. The lowest BCUT2D eigenvalue weighted by atomic mass is 10.1. The molecule has 0 fully saturated rings. The molecule has 0 aliphatic heterocycles. The van der Waals surface area contributed by atoms with Crippen molar-refractivity contribution in [1.29, 1.82) is 0 Å². The van der Waals surface area contributed by atoms with Gasteiger partial charge in [-0.15, -0.1) is 0 Å². The van der Waals surface area contributed by atoms with Gasteiger partial charge in [-0.1, -0.05) is 30.6 Å². The Balaban J connectivity index is 1.88. The van der Waals surface area contributed by atoms with E-state index in [-0.39, 0.29) is 12.5 Å². The fraction of sp³-hybridized carbons (Fsp3) is 0.412. The molecule has 0 bridgehead atoms. The van der Waals surface area contributed by atoms with E-state index in [1.807, 2.05) is 18.0 Å².